The van der Waals surface area contributed by atoms with Gasteiger partial charge in [0.05, 0.1) is 4.92 Å². The summed E-state index contributed by atoms with van der Waals surface area (Å²) in [4.78, 5) is 21.6. The average molecular weight is 293 g/mol. The van der Waals surface area contributed by atoms with Crippen molar-refractivity contribution < 1.29 is 23.9 Å². The van der Waals surface area contributed by atoms with Gasteiger partial charge in [-0.05, 0) is 25.0 Å². The van der Waals surface area contributed by atoms with Gasteiger partial charge in [-0.2, -0.15) is 0 Å². The Morgan fingerprint density at radius 2 is 1.90 bits per heavy atom. The molecular weight excluding hydrogens is 278 g/mol. The van der Waals surface area contributed by atoms with Gasteiger partial charge in [-0.15, -0.1) is 0 Å². The molecule has 1 aliphatic heterocycles. The van der Waals surface area contributed by atoms with Crippen LogP contribution in [0, 0.1) is 10.1 Å². The van der Waals surface area contributed by atoms with Crippen LogP contribution in [-0.4, -0.2) is 23.0 Å². The third kappa shape index (κ3) is 2.97. The largest absolute Gasteiger partial charge is 0.516 e. The number of nitro benzene ring substituents is 1. The molecule has 1 unspecified atom stereocenters. The summed E-state index contributed by atoms with van der Waals surface area (Å²) in [6.45, 7) is 0. The Balaban J connectivity index is 1.52. The molecule has 1 atom stereocenters. The summed E-state index contributed by atoms with van der Waals surface area (Å²) >= 11 is 0. The number of hydrogen-bond donors (Lipinski definition) is 0. The first-order valence-electron chi connectivity index (χ1n) is 6.90. The van der Waals surface area contributed by atoms with Gasteiger partial charge in [0.2, 0.25) is 6.29 Å². The van der Waals surface area contributed by atoms with Gasteiger partial charge in [-0.25, -0.2) is 4.79 Å². The number of carbonyl (C=O) groups is 1. The van der Waals surface area contributed by atoms with Gasteiger partial charge in [-0.3, -0.25) is 10.1 Å². The molecule has 21 heavy (non-hydrogen) atoms. The highest BCUT2D eigenvalue weighted by molar-refractivity contribution is 5.64. The van der Waals surface area contributed by atoms with Crippen LogP contribution in [0.25, 0.3) is 0 Å². The molecule has 1 saturated heterocycles. The second-order valence-electron chi connectivity index (χ2n) is 5.30. The highest BCUT2D eigenvalue weighted by Crippen LogP contribution is 2.48. The zero-order chi connectivity index (χ0) is 14.9. The molecule has 7 nitrogen and oxygen atoms in total. The van der Waals surface area contributed by atoms with E-state index in [0.717, 1.165) is 25.7 Å². The van der Waals surface area contributed by atoms with E-state index in [9.17, 15) is 14.9 Å². The number of ether oxygens (including phenoxy) is 3. The van der Waals surface area contributed by atoms with Gasteiger partial charge >= 0.3 is 6.16 Å². The van der Waals surface area contributed by atoms with E-state index in [1.54, 1.807) is 0 Å². The topological polar surface area (TPSA) is 91.2 Å². The molecular formula is C14H15NO6. The normalized spacial score (nSPS) is 22.6. The van der Waals surface area contributed by atoms with E-state index >= 15 is 0 Å². The third-order valence-electron chi connectivity index (χ3n) is 3.87. The van der Waals surface area contributed by atoms with Crippen LogP contribution in [0.1, 0.15) is 32.1 Å². The Labute approximate surface area is 120 Å². The van der Waals surface area contributed by atoms with Crippen LogP contribution in [0.2, 0.25) is 0 Å². The maximum atomic E-state index is 11.6. The van der Waals surface area contributed by atoms with Crippen molar-refractivity contribution in [2.24, 2.45) is 0 Å². The van der Waals surface area contributed by atoms with Crippen molar-refractivity contribution in [3.8, 4) is 5.75 Å². The van der Waals surface area contributed by atoms with Crippen LogP contribution < -0.4 is 4.74 Å². The van der Waals surface area contributed by atoms with Gasteiger partial charge < -0.3 is 14.2 Å². The maximum absolute atomic E-state index is 11.6. The van der Waals surface area contributed by atoms with Gasteiger partial charge in [0.25, 0.3) is 5.69 Å². The van der Waals surface area contributed by atoms with Gasteiger partial charge in [0, 0.05) is 12.1 Å². The molecule has 2 fully saturated rings. The lowest BCUT2D eigenvalue weighted by Gasteiger charge is -2.17. The lowest BCUT2D eigenvalue weighted by atomic mass is 9.89. The summed E-state index contributed by atoms with van der Waals surface area (Å²) in [7, 11) is 0. The molecule has 112 valence electrons. The van der Waals surface area contributed by atoms with Crippen LogP contribution in [0.5, 0.6) is 5.75 Å². The van der Waals surface area contributed by atoms with Crippen molar-refractivity contribution in [3.05, 3.63) is 34.4 Å². The molecule has 0 amide bonds. The van der Waals surface area contributed by atoms with Gasteiger partial charge in [0.1, 0.15) is 11.4 Å². The quantitative estimate of drug-likeness (QED) is 0.279. The number of carbonyl (C=O) groups excluding carboxylic acids is 1. The first kappa shape index (κ1) is 13.8. The number of rotatable bonds is 3. The van der Waals surface area contributed by atoms with Gasteiger partial charge in [-0.1, -0.05) is 19.3 Å². The minimum atomic E-state index is -0.851. The SMILES string of the molecule is O=C(Oc1ccc([N+](=O)[O-])cc1)OC1OC12CCCCC2. The average Bonchev–Trinajstić information content (AvgIpc) is 3.11. The molecule has 1 aromatic rings. The Hall–Kier alpha value is -2.15. The van der Waals surface area contributed by atoms with Crippen LogP contribution in [0.15, 0.2) is 24.3 Å². The van der Waals surface area contributed by atoms with Crippen molar-refractivity contribution in [1.82, 2.24) is 0 Å². The molecule has 0 radical (unpaired) electrons. The van der Waals surface area contributed by atoms with E-state index < -0.39 is 17.4 Å². The number of nitro groups is 1. The van der Waals surface area contributed by atoms with Crippen LogP contribution in [-0.2, 0) is 9.47 Å². The Morgan fingerprint density at radius 1 is 1.24 bits per heavy atom. The van der Waals surface area contributed by atoms with Crippen LogP contribution in [0.3, 0.4) is 0 Å². The summed E-state index contributed by atoms with van der Waals surface area (Å²) in [5.41, 5.74) is -0.366. The number of hydrogen-bond acceptors (Lipinski definition) is 6. The van der Waals surface area contributed by atoms with Crippen molar-refractivity contribution in [2.75, 3.05) is 0 Å². The first-order valence-corrected chi connectivity index (χ1v) is 6.90. The smallest absolute Gasteiger partial charge is 0.401 e. The van der Waals surface area contributed by atoms with Crippen molar-refractivity contribution in [3.63, 3.8) is 0 Å². The molecule has 0 bridgehead atoms. The second kappa shape index (κ2) is 5.33. The maximum Gasteiger partial charge on any atom is 0.516 e. The van der Waals surface area contributed by atoms with Gasteiger partial charge in [0.15, 0.2) is 0 Å². The second-order valence-corrected chi connectivity index (χ2v) is 5.30. The molecule has 3 rings (SSSR count). The molecule has 2 aliphatic rings. The molecule has 7 heteroatoms. The summed E-state index contributed by atoms with van der Waals surface area (Å²) in [6, 6.07) is 5.23. The zero-order valence-corrected chi connectivity index (χ0v) is 11.3. The van der Waals surface area contributed by atoms with Crippen molar-refractivity contribution in [1.29, 1.82) is 0 Å². The van der Waals surface area contributed by atoms with Crippen molar-refractivity contribution >= 4 is 11.8 Å². The molecule has 1 heterocycles. The zero-order valence-electron chi connectivity index (χ0n) is 11.3. The van der Waals surface area contributed by atoms with Crippen LogP contribution >= 0.6 is 0 Å². The minimum Gasteiger partial charge on any atom is -0.401 e. The van der Waals surface area contributed by atoms with Crippen molar-refractivity contribution in [2.45, 2.75) is 44.0 Å². The summed E-state index contributed by atoms with van der Waals surface area (Å²) in [6.07, 6.45) is 3.78. The lowest BCUT2D eigenvalue weighted by Crippen LogP contribution is -2.23. The van der Waals surface area contributed by atoms with E-state index in [-0.39, 0.29) is 17.0 Å². The predicted molar refractivity (Wildman–Crippen MR) is 70.9 cm³/mol. The van der Waals surface area contributed by atoms with E-state index in [4.69, 9.17) is 14.2 Å². The fraction of sp³-hybridized carbons (Fsp3) is 0.500. The number of benzene rings is 1. The molecule has 1 spiro atoms. The monoisotopic (exact) mass is 293 g/mol. The third-order valence-corrected chi connectivity index (χ3v) is 3.87. The molecule has 0 aromatic heterocycles. The minimum absolute atomic E-state index is 0.0672. The standard InChI is InChI=1S/C14H15NO6/c16-13(19-11-6-4-10(5-7-11)15(17)18)20-12-14(21-12)8-2-1-3-9-14/h4-7,12H,1-3,8-9H2. The van der Waals surface area contributed by atoms with E-state index in [1.807, 2.05) is 0 Å². The predicted octanol–water partition coefficient (Wildman–Crippen LogP) is 3.17. The molecule has 1 aliphatic carbocycles. The Morgan fingerprint density at radius 3 is 2.52 bits per heavy atom. The van der Waals surface area contributed by atoms with Crippen LogP contribution in [0.4, 0.5) is 10.5 Å². The van der Waals surface area contributed by atoms with E-state index in [1.165, 1.54) is 30.7 Å². The Kier molecular flexibility index (Phi) is 3.50. The fourth-order valence-electron chi connectivity index (χ4n) is 2.66. The highest BCUT2D eigenvalue weighted by atomic mass is 16.8. The number of nitrogens with zero attached hydrogens (tertiary/aromatic N) is 1. The number of non-ortho nitro benzene ring substituents is 1. The molecule has 1 saturated carbocycles. The highest BCUT2D eigenvalue weighted by Gasteiger charge is 2.59. The number of epoxide rings is 1. The van der Waals surface area contributed by atoms with E-state index in [2.05, 4.69) is 0 Å². The Bertz CT molecular complexity index is 549. The first-order chi connectivity index (χ1) is 10.1. The molecule has 1 aromatic carbocycles. The summed E-state index contributed by atoms with van der Waals surface area (Å²) in [5.74, 6) is 0.198. The summed E-state index contributed by atoms with van der Waals surface area (Å²) < 4.78 is 15.6. The molecule has 0 N–H and O–H groups in total. The summed E-state index contributed by atoms with van der Waals surface area (Å²) in [5, 5.41) is 10.5. The van der Waals surface area contributed by atoms with E-state index in [0.29, 0.717) is 0 Å². The lowest BCUT2D eigenvalue weighted by molar-refractivity contribution is -0.384. The fourth-order valence-corrected chi connectivity index (χ4v) is 2.66.